The van der Waals surface area contributed by atoms with Crippen molar-refractivity contribution in [3.63, 3.8) is 0 Å². The lowest BCUT2D eigenvalue weighted by atomic mass is 10.0. The molecule has 0 unspecified atom stereocenters. The molecule has 3 heterocycles. The van der Waals surface area contributed by atoms with Gasteiger partial charge in [0.2, 0.25) is 11.5 Å². The monoisotopic (exact) mass is 326 g/mol. The standard InChI is InChI=1S/C17H15FN4O2/c18-13-8-6-12(7-9-13)14-4-3-11-20(14)16-17(22(23)24)21-10-2-1-5-15(21)19-16/h1-2,5-10,14H,3-4,11H2/t14-/m0/s1. The Morgan fingerprint density at radius 1 is 1.21 bits per heavy atom. The third kappa shape index (κ3) is 2.29. The predicted molar refractivity (Wildman–Crippen MR) is 87.6 cm³/mol. The predicted octanol–water partition coefficient (Wildman–Crippen LogP) is 3.72. The Bertz CT molecular complexity index is 907. The van der Waals surface area contributed by atoms with E-state index in [1.54, 1.807) is 36.5 Å². The summed E-state index contributed by atoms with van der Waals surface area (Å²) in [6.45, 7) is 0.687. The van der Waals surface area contributed by atoms with Crippen molar-refractivity contribution >= 4 is 17.3 Å². The van der Waals surface area contributed by atoms with Crippen LogP contribution in [0, 0.1) is 15.9 Å². The first-order valence-corrected chi connectivity index (χ1v) is 7.79. The van der Waals surface area contributed by atoms with Crippen LogP contribution in [0.3, 0.4) is 0 Å². The zero-order valence-electron chi connectivity index (χ0n) is 12.8. The van der Waals surface area contributed by atoms with E-state index in [1.807, 2.05) is 4.90 Å². The van der Waals surface area contributed by atoms with E-state index in [4.69, 9.17) is 0 Å². The Balaban J connectivity index is 1.82. The minimum absolute atomic E-state index is 0.0281. The van der Waals surface area contributed by atoms with Crippen LogP contribution in [0.1, 0.15) is 24.4 Å². The first-order valence-electron chi connectivity index (χ1n) is 7.79. The molecule has 0 amide bonds. The SMILES string of the molecule is O=[N+]([O-])c1c(N2CCC[C@H]2c2ccc(F)cc2)nc2ccccn12. The number of nitro groups is 1. The Morgan fingerprint density at radius 3 is 2.75 bits per heavy atom. The number of benzene rings is 1. The summed E-state index contributed by atoms with van der Waals surface area (Å²) in [5.74, 6) is 0.0552. The van der Waals surface area contributed by atoms with Gasteiger partial charge in [-0.05, 0) is 41.5 Å². The van der Waals surface area contributed by atoms with Crippen molar-refractivity contribution in [2.24, 2.45) is 0 Å². The summed E-state index contributed by atoms with van der Waals surface area (Å²) in [4.78, 5) is 17.7. The number of hydrogen-bond acceptors (Lipinski definition) is 4. The summed E-state index contributed by atoms with van der Waals surface area (Å²) in [6, 6.07) is 11.6. The molecule has 0 radical (unpaired) electrons. The van der Waals surface area contributed by atoms with Crippen LogP contribution in [-0.4, -0.2) is 20.9 Å². The van der Waals surface area contributed by atoms with Gasteiger partial charge in [0, 0.05) is 12.6 Å². The van der Waals surface area contributed by atoms with Crippen LogP contribution < -0.4 is 4.90 Å². The Hall–Kier alpha value is -2.96. The molecular formula is C17H15FN4O2. The van der Waals surface area contributed by atoms with Crippen molar-refractivity contribution in [1.29, 1.82) is 0 Å². The van der Waals surface area contributed by atoms with Crippen LogP contribution in [0.5, 0.6) is 0 Å². The summed E-state index contributed by atoms with van der Waals surface area (Å²) in [5, 5.41) is 11.6. The number of fused-ring (bicyclic) bond motifs is 1. The summed E-state index contributed by atoms with van der Waals surface area (Å²) in [5.41, 5.74) is 1.49. The lowest BCUT2D eigenvalue weighted by Gasteiger charge is -2.24. The van der Waals surface area contributed by atoms with Gasteiger partial charge in [0.25, 0.3) is 0 Å². The lowest BCUT2D eigenvalue weighted by Crippen LogP contribution is -2.23. The average molecular weight is 326 g/mol. The van der Waals surface area contributed by atoms with Crippen LogP contribution in [0.25, 0.3) is 5.65 Å². The third-order valence-electron chi connectivity index (χ3n) is 4.44. The Kier molecular flexibility index (Phi) is 3.41. The fourth-order valence-electron chi connectivity index (χ4n) is 3.38. The highest BCUT2D eigenvalue weighted by Crippen LogP contribution is 2.40. The molecule has 0 bridgehead atoms. The average Bonchev–Trinajstić information content (AvgIpc) is 3.19. The first-order chi connectivity index (χ1) is 11.6. The number of halogens is 1. The number of anilines is 1. The molecule has 7 heteroatoms. The molecule has 1 saturated heterocycles. The van der Waals surface area contributed by atoms with Crippen LogP contribution in [0.2, 0.25) is 0 Å². The summed E-state index contributed by atoms with van der Waals surface area (Å²) in [7, 11) is 0. The van der Waals surface area contributed by atoms with Gasteiger partial charge in [0.05, 0.1) is 12.2 Å². The van der Waals surface area contributed by atoms with Crippen LogP contribution >= 0.6 is 0 Å². The second kappa shape index (κ2) is 5.59. The van der Waals surface area contributed by atoms with Crippen molar-refractivity contribution in [2.75, 3.05) is 11.4 Å². The maximum absolute atomic E-state index is 13.2. The molecule has 0 N–H and O–H groups in total. The minimum Gasteiger partial charge on any atom is -0.358 e. The number of nitrogens with zero attached hydrogens (tertiary/aromatic N) is 4. The Labute approximate surface area is 137 Å². The largest absolute Gasteiger partial charge is 0.372 e. The molecule has 3 aromatic rings. The molecule has 4 rings (SSSR count). The van der Waals surface area contributed by atoms with Gasteiger partial charge >= 0.3 is 5.82 Å². The molecule has 0 saturated carbocycles. The van der Waals surface area contributed by atoms with Crippen molar-refractivity contribution in [3.05, 3.63) is 70.2 Å². The second-order valence-electron chi connectivity index (χ2n) is 5.85. The van der Waals surface area contributed by atoms with Gasteiger partial charge in [-0.2, -0.15) is 9.38 Å². The van der Waals surface area contributed by atoms with Gasteiger partial charge in [-0.1, -0.05) is 18.2 Å². The van der Waals surface area contributed by atoms with Gasteiger partial charge in [0.15, 0.2) is 0 Å². The van der Waals surface area contributed by atoms with Crippen molar-refractivity contribution in [2.45, 2.75) is 18.9 Å². The molecule has 1 atom stereocenters. The molecule has 24 heavy (non-hydrogen) atoms. The highest BCUT2D eigenvalue weighted by molar-refractivity contribution is 5.64. The van der Waals surface area contributed by atoms with Gasteiger partial charge in [-0.15, -0.1) is 0 Å². The van der Waals surface area contributed by atoms with E-state index in [2.05, 4.69) is 4.98 Å². The number of rotatable bonds is 3. The molecule has 122 valence electrons. The molecule has 1 aromatic carbocycles. The van der Waals surface area contributed by atoms with Crippen LogP contribution in [0.15, 0.2) is 48.7 Å². The fraction of sp³-hybridized carbons (Fsp3) is 0.235. The van der Waals surface area contributed by atoms with E-state index in [9.17, 15) is 14.5 Å². The quantitative estimate of drug-likeness (QED) is 0.543. The van der Waals surface area contributed by atoms with Crippen molar-refractivity contribution < 1.29 is 9.31 Å². The fourth-order valence-corrected chi connectivity index (χ4v) is 3.38. The number of hydrogen-bond donors (Lipinski definition) is 0. The van der Waals surface area contributed by atoms with E-state index < -0.39 is 4.92 Å². The Morgan fingerprint density at radius 2 is 2.00 bits per heavy atom. The minimum atomic E-state index is -0.393. The molecule has 1 fully saturated rings. The highest BCUT2D eigenvalue weighted by Gasteiger charge is 2.34. The van der Waals surface area contributed by atoms with E-state index in [0.717, 1.165) is 18.4 Å². The van der Waals surface area contributed by atoms with Gasteiger partial charge in [0.1, 0.15) is 5.82 Å². The molecule has 1 aliphatic heterocycles. The van der Waals surface area contributed by atoms with E-state index in [0.29, 0.717) is 18.0 Å². The van der Waals surface area contributed by atoms with E-state index in [-0.39, 0.29) is 17.7 Å². The normalized spacial score (nSPS) is 17.5. The number of imidazole rings is 1. The smallest absolute Gasteiger partial charge is 0.358 e. The lowest BCUT2D eigenvalue weighted by molar-refractivity contribution is -0.389. The van der Waals surface area contributed by atoms with Crippen LogP contribution in [-0.2, 0) is 0 Å². The second-order valence-corrected chi connectivity index (χ2v) is 5.85. The summed E-state index contributed by atoms with van der Waals surface area (Å²) >= 11 is 0. The summed E-state index contributed by atoms with van der Waals surface area (Å²) < 4.78 is 14.7. The molecule has 0 spiro atoms. The molecule has 2 aromatic heterocycles. The van der Waals surface area contributed by atoms with Gasteiger partial charge in [-0.25, -0.2) is 4.39 Å². The molecule has 1 aliphatic rings. The van der Waals surface area contributed by atoms with Gasteiger partial charge < -0.3 is 15.0 Å². The van der Waals surface area contributed by atoms with Crippen molar-refractivity contribution in [1.82, 2.24) is 9.38 Å². The highest BCUT2D eigenvalue weighted by atomic mass is 19.1. The number of pyridine rings is 1. The topological polar surface area (TPSA) is 63.7 Å². The van der Waals surface area contributed by atoms with Crippen molar-refractivity contribution in [3.8, 4) is 0 Å². The number of aromatic nitrogens is 2. The molecular weight excluding hydrogens is 311 g/mol. The summed E-state index contributed by atoms with van der Waals surface area (Å²) in [6.07, 6.45) is 3.41. The van der Waals surface area contributed by atoms with E-state index >= 15 is 0 Å². The van der Waals surface area contributed by atoms with Gasteiger partial charge in [-0.3, -0.25) is 0 Å². The maximum Gasteiger partial charge on any atom is 0.372 e. The van der Waals surface area contributed by atoms with Crippen LogP contribution in [0.4, 0.5) is 16.0 Å². The maximum atomic E-state index is 13.2. The first kappa shape index (κ1) is 14.6. The zero-order valence-corrected chi connectivity index (χ0v) is 12.8. The molecule has 6 nitrogen and oxygen atoms in total. The third-order valence-corrected chi connectivity index (χ3v) is 4.44. The molecule has 0 aliphatic carbocycles. The zero-order chi connectivity index (χ0) is 16.7. The van der Waals surface area contributed by atoms with E-state index in [1.165, 1.54) is 16.5 Å².